The van der Waals surface area contributed by atoms with E-state index in [1.54, 1.807) is 25.1 Å². The minimum Gasteiger partial charge on any atom is -0.478 e. The molecule has 1 aliphatic heterocycles. The van der Waals surface area contributed by atoms with Gasteiger partial charge in [-0.05, 0) is 37.5 Å². The molecular formula is C17H15Cl2NO3. The Balaban J connectivity index is 2.19. The van der Waals surface area contributed by atoms with E-state index in [0.717, 1.165) is 18.6 Å². The van der Waals surface area contributed by atoms with Crippen molar-refractivity contribution in [3.05, 3.63) is 45.1 Å². The van der Waals surface area contributed by atoms with Crippen LogP contribution in [-0.4, -0.2) is 22.6 Å². The fourth-order valence-corrected chi connectivity index (χ4v) is 3.77. The molecule has 1 fully saturated rings. The number of nitrogens with zero attached hydrogens (tertiary/aromatic N) is 1. The van der Waals surface area contributed by atoms with Gasteiger partial charge < -0.3 is 5.11 Å². The number of allylic oxidation sites excluding steroid dienone is 1. The zero-order valence-electron chi connectivity index (χ0n) is 12.5. The number of Topliss-reactive ketones (excluding diaryl/α,β-unsaturated/α-hetero) is 1. The van der Waals surface area contributed by atoms with Crippen LogP contribution in [0.25, 0.3) is 0 Å². The molecule has 2 unspecified atom stereocenters. The van der Waals surface area contributed by atoms with Crippen LogP contribution < -0.4 is 0 Å². The van der Waals surface area contributed by atoms with Crippen LogP contribution in [0.1, 0.15) is 37.7 Å². The molecule has 23 heavy (non-hydrogen) atoms. The Kier molecular flexibility index (Phi) is 4.30. The van der Waals surface area contributed by atoms with Crippen LogP contribution in [0.5, 0.6) is 0 Å². The second-order valence-corrected chi connectivity index (χ2v) is 6.67. The van der Waals surface area contributed by atoms with Crippen molar-refractivity contribution in [2.45, 2.75) is 32.1 Å². The van der Waals surface area contributed by atoms with Crippen molar-refractivity contribution in [2.24, 2.45) is 10.9 Å². The number of halogens is 2. The van der Waals surface area contributed by atoms with E-state index in [0.29, 0.717) is 27.7 Å². The smallest absolute Gasteiger partial charge is 0.334 e. The Morgan fingerprint density at radius 2 is 1.96 bits per heavy atom. The lowest BCUT2D eigenvalue weighted by molar-refractivity contribution is -0.133. The average Bonchev–Trinajstić information content (AvgIpc) is 2.48. The molecular weight excluding hydrogens is 337 g/mol. The van der Waals surface area contributed by atoms with E-state index in [-0.39, 0.29) is 11.4 Å². The van der Waals surface area contributed by atoms with Crippen LogP contribution in [0.2, 0.25) is 10.0 Å². The van der Waals surface area contributed by atoms with E-state index in [4.69, 9.17) is 23.2 Å². The third-order valence-electron chi connectivity index (χ3n) is 4.44. The summed E-state index contributed by atoms with van der Waals surface area (Å²) in [5, 5.41) is 10.4. The fourth-order valence-electron chi connectivity index (χ4n) is 3.46. The van der Waals surface area contributed by atoms with Gasteiger partial charge >= 0.3 is 5.97 Å². The molecule has 0 spiro atoms. The number of carboxylic acid groups (broad SMARTS) is 1. The lowest BCUT2D eigenvalue weighted by atomic mass is 9.69. The zero-order valence-corrected chi connectivity index (χ0v) is 14.0. The number of hydrogen-bond donors (Lipinski definition) is 1. The largest absolute Gasteiger partial charge is 0.478 e. The number of rotatable bonds is 2. The Bertz CT molecular complexity index is 767. The highest BCUT2D eigenvalue weighted by Crippen LogP contribution is 2.43. The quantitative estimate of drug-likeness (QED) is 0.865. The lowest BCUT2D eigenvalue weighted by Gasteiger charge is -2.35. The Morgan fingerprint density at radius 3 is 2.61 bits per heavy atom. The molecule has 0 bridgehead atoms. The molecule has 1 aromatic rings. The SMILES string of the molecule is CC1=C(C(=O)O)C(c2ccc(Cl)c(Cl)c2)C2C(=O)CCCC2=N1. The maximum absolute atomic E-state index is 12.5. The summed E-state index contributed by atoms with van der Waals surface area (Å²) in [5.41, 5.74) is 2.07. The van der Waals surface area contributed by atoms with Gasteiger partial charge in [0.1, 0.15) is 5.78 Å². The summed E-state index contributed by atoms with van der Waals surface area (Å²) < 4.78 is 0. The minimum atomic E-state index is -1.06. The molecule has 1 aromatic carbocycles. The van der Waals surface area contributed by atoms with Gasteiger partial charge in [0.05, 0.1) is 21.5 Å². The van der Waals surface area contributed by atoms with Crippen LogP contribution in [-0.2, 0) is 9.59 Å². The molecule has 1 aliphatic carbocycles. The van der Waals surface area contributed by atoms with Crippen molar-refractivity contribution < 1.29 is 14.7 Å². The van der Waals surface area contributed by atoms with Gasteiger partial charge in [0.2, 0.25) is 0 Å². The third-order valence-corrected chi connectivity index (χ3v) is 5.18. The second-order valence-electron chi connectivity index (χ2n) is 5.86. The predicted octanol–water partition coefficient (Wildman–Crippen LogP) is 4.26. The van der Waals surface area contributed by atoms with E-state index in [1.807, 2.05) is 0 Å². The highest BCUT2D eigenvalue weighted by molar-refractivity contribution is 6.42. The topological polar surface area (TPSA) is 66.7 Å². The summed E-state index contributed by atoms with van der Waals surface area (Å²) in [5.74, 6) is -2.10. The Hall–Kier alpha value is -1.65. The van der Waals surface area contributed by atoms with Gasteiger partial charge in [0.15, 0.2) is 0 Å². The molecule has 1 N–H and O–H groups in total. The van der Waals surface area contributed by atoms with Crippen molar-refractivity contribution in [3.63, 3.8) is 0 Å². The molecule has 2 atom stereocenters. The van der Waals surface area contributed by atoms with Gasteiger partial charge in [-0.25, -0.2) is 4.79 Å². The third kappa shape index (κ3) is 2.81. The summed E-state index contributed by atoms with van der Waals surface area (Å²) in [6.45, 7) is 1.68. The van der Waals surface area contributed by atoms with Gasteiger partial charge in [-0.1, -0.05) is 29.3 Å². The van der Waals surface area contributed by atoms with Gasteiger partial charge in [-0.2, -0.15) is 0 Å². The van der Waals surface area contributed by atoms with E-state index >= 15 is 0 Å². The van der Waals surface area contributed by atoms with Crippen molar-refractivity contribution in [1.29, 1.82) is 0 Å². The average molecular weight is 352 g/mol. The van der Waals surface area contributed by atoms with Crippen LogP contribution in [0.3, 0.4) is 0 Å². The summed E-state index contributed by atoms with van der Waals surface area (Å²) in [4.78, 5) is 28.7. The number of carbonyl (C=O) groups excluding carboxylic acids is 1. The van der Waals surface area contributed by atoms with E-state index in [1.165, 1.54) is 0 Å². The number of fused-ring (bicyclic) bond motifs is 1. The molecule has 0 amide bonds. The Labute approximate surface area is 143 Å². The summed E-state index contributed by atoms with van der Waals surface area (Å²) >= 11 is 12.1. The normalized spacial score (nSPS) is 24.3. The molecule has 1 saturated carbocycles. The van der Waals surface area contributed by atoms with Crippen molar-refractivity contribution in [2.75, 3.05) is 0 Å². The standard InChI is InChI=1S/C17H15Cl2NO3/c1-8-14(17(22)23)15(9-5-6-10(18)11(19)7-9)16-12(20-8)3-2-4-13(16)21/h5-7,15-16H,2-4H2,1H3,(H,22,23). The van der Waals surface area contributed by atoms with Crippen molar-refractivity contribution in [3.8, 4) is 0 Å². The van der Waals surface area contributed by atoms with Crippen molar-refractivity contribution >= 4 is 40.7 Å². The number of carboxylic acids is 1. The monoisotopic (exact) mass is 351 g/mol. The molecule has 2 aliphatic rings. The van der Waals surface area contributed by atoms with Gasteiger partial charge in [0, 0.05) is 23.7 Å². The van der Waals surface area contributed by atoms with Crippen LogP contribution >= 0.6 is 23.2 Å². The first kappa shape index (κ1) is 16.2. The number of benzene rings is 1. The van der Waals surface area contributed by atoms with E-state index in [9.17, 15) is 14.7 Å². The second kappa shape index (κ2) is 6.10. The fraction of sp³-hybridized carbons (Fsp3) is 0.353. The maximum atomic E-state index is 12.5. The van der Waals surface area contributed by atoms with Crippen LogP contribution in [0.4, 0.5) is 0 Å². The first-order valence-electron chi connectivity index (χ1n) is 7.39. The highest BCUT2D eigenvalue weighted by atomic mass is 35.5. The molecule has 1 heterocycles. The van der Waals surface area contributed by atoms with Gasteiger partial charge in [-0.3, -0.25) is 9.79 Å². The summed E-state index contributed by atoms with van der Waals surface area (Å²) in [6.07, 6.45) is 1.93. The molecule has 4 nitrogen and oxygen atoms in total. The number of ketones is 1. The highest BCUT2D eigenvalue weighted by Gasteiger charge is 2.43. The van der Waals surface area contributed by atoms with Crippen LogP contribution in [0, 0.1) is 5.92 Å². The molecule has 120 valence electrons. The lowest BCUT2D eigenvalue weighted by Crippen LogP contribution is -2.38. The summed E-state index contributed by atoms with van der Waals surface area (Å²) in [7, 11) is 0. The van der Waals surface area contributed by atoms with Crippen LogP contribution in [0.15, 0.2) is 34.5 Å². The predicted molar refractivity (Wildman–Crippen MR) is 89.3 cm³/mol. The van der Waals surface area contributed by atoms with E-state index in [2.05, 4.69) is 4.99 Å². The summed E-state index contributed by atoms with van der Waals surface area (Å²) in [6, 6.07) is 5.02. The zero-order chi connectivity index (χ0) is 16.7. The molecule has 0 aromatic heterocycles. The molecule has 0 radical (unpaired) electrons. The molecule has 6 heteroatoms. The van der Waals surface area contributed by atoms with Gasteiger partial charge in [0.25, 0.3) is 0 Å². The molecule has 3 rings (SSSR count). The van der Waals surface area contributed by atoms with Crippen molar-refractivity contribution in [1.82, 2.24) is 0 Å². The Morgan fingerprint density at radius 1 is 1.22 bits per heavy atom. The first-order valence-corrected chi connectivity index (χ1v) is 8.15. The number of carbonyl (C=O) groups is 2. The number of hydrogen-bond acceptors (Lipinski definition) is 3. The van der Waals surface area contributed by atoms with E-state index < -0.39 is 17.8 Å². The minimum absolute atomic E-state index is 0.0392. The maximum Gasteiger partial charge on any atom is 0.334 e. The number of aliphatic carboxylic acids is 1. The number of aliphatic imine (C=N–C) groups is 1. The molecule has 0 saturated heterocycles. The van der Waals surface area contributed by atoms with Gasteiger partial charge in [-0.15, -0.1) is 0 Å². The first-order chi connectivity index (χ1) is 10.9.